The Morgan fingerprint density at radius 3 is 2.50 bits per heavy atom. The number of ether oxygens (including phenoxy) is 1. The summed E-state index contributed by atoms with van der Waals surface area (Å²) in [7, 11) is 0. The fraction of sp³-hybridized carbons (Fsp3) is 0.250. The SMILES string of the molecule is CCc1ccc(OCCNc2cccc(Cl)c2Cl)cc1. The van der Waals surface area contributed by atoms with E-state index in [1.807, 2.05) is 24.3 Å². The molecule has 0 aliphatic heterocycles. The van der Waals surface area contributed by atoms with Gasteiger partial charge in [-0.3, -0.25) is 0 Å². The topological polar surface area (TPSA) is 21.3 Å². The molecule has 0 radical (unpaired) electrons. The maximum absolute atomic E-state index is 6.09. The molecule has 4 heteroatoms. The maximum Gasteiger partial charge on any atom is 0.119 e. The molecule has 2 aromatic rings. The second kappa shape index (κ2) is 7.41. The van der Waals surface area contributed by atoms with Crippen molar-refractivity contribution in [2.24, 2.45) is 0 Å². The molecule has 0 aromatic heterocycles. The van der Waals surface area contributed by atoms with E-state index < -0.39 is 0 Å². The van der Waals surface area contributed by atoms with Crippen molar-refractivity contribution in [2.75, 3.05) is 18.5 Å². The fourth-order valence-corrected chi connectivity index (χ4v) is 2.18. The van der Waals surface area contributed by atoms with Crippen molar-refractivity contribution in [1.82, 2.24) is 0 Å². The number of nitrogens with one attached hydrogen (secondary N) is 1. The molecule has 2 rings (SSSR count). The van der Waals surface area contributed by atoms with Gasteiger partial charge in [0.25, 0.3) is 0 Å². The summed E-state index contributed by atoms with van der Waals surface area (Å²) in [5.41, 5.74) is 2.13. The first-order chi connectivity index (χ1) is 9.70. The van der Waals surface area contributed by atoms with Gasteiger partial charge in [-0.25, -0.2) is 0 Å². The lowest BCUT2D eigenvalue weighted by Crippen LogP contribution is -2.11. The summed E-state index contributed by atoms with van der Waals surface area (Å²) < 4.78 is 5.66. The van der Waals surface area contributed by atoms with Crippen molar-refractivity contribution >= 4 is 28.9 Å². The highest BCUT2D eigenvalue weighted by atomic mass is 35.5. The van der Waals surface area contributed by atoms with Crippen LogP contribution in [0.3, 0.4) is 0 Å². The average molecular weight is 310 g/mol. The molecule has 0 amide bonds. The summed E-state index contributed by atoms with van der Waals surface area (Å²) in [6.07, 6.45) is 1.04. The molecule has 0 saturated carbocycles. The van der Waals surface area contributed by atoms with Gasteiger partial charge >= 0.3 is 0 Å². The molecule has 0 unspecified atom stereocenters. The molecule has 20 heavy (non-hydrogen) atoms. The minimum atomic E-state index is 0.543. The lowest BCUT2D eigenvalue weighted by Gasteiger charge is -2.10. The normalized spacial score (nSPS) is 10.3. The molecule has 0 heterocycles. The lowest BCUT2D eigenvalue weighted by molar-refractivity contribution is 0.333. The molecule has 1 N–H and O–H groups in total. The zero-order valence-electron chi connectivity index (χ0n) is 11.3. The van der Waals surface area contributed by atoms with Crippen molar-refractivity contribution in [3.05, 3.63) is 58.1 Å². The first-order valence-corrected chi connectivity index (χ1v) is 7.36. The largest absolute Gasteiger partial charge is 0.492 e. The van der Waals surface area contributed by atoms with Crippen LogP contribution in [-0.2, 0) is 6.42 Å². The van der Waals surface area contributed by atoms with E-state index in [1.54, 1.807) is 6.07 Å². The van der Waals surface area contributed by atoms with Crippen LogP contribution in [0.2, 0.25) is 10.0 Å². The second-order valence-electron chi connectivity index (χ2n) is 4.37. The van der Waals surface area contributed by atoms with E-state index in [0.717, 1.165) is 17.9 Å². The summed E-state index contributed by atoms with van der Waals surface area (Å²) in [4.78, 5) is 0. The van der Waals surface area contributed by atoms with E-state index in [0.29, 0.717) is 23.2 Å². The number of anilines is 1. The predicted molar refractivity (Wildman–Crippen MR) is 86.3 cm³/mol. The molecule has 0 fully saturated rings. The quantitative estimate of drug-likeness (QED) is 0.754. The molecule has 2 nitrogen and oxygen atoms in total. The van der Waals surface area contributed by atoms with E-state index in [4.69, 9.17) is 27.9 Å². The molecule has 0 aliphatic rings. The fourth-order valence-electron chi connectivity index (χ4n) is 1.82. The molecule has 106 valence electrons. The molecule has 0 saturated heterocycles. The summed E-state index contributed by atoms with van der Waals surface area (Å²) in [5.74, 6) is 0.876. The summed E-state index contributed by atoms with van der Waals surface area (Å²) >= 11 is 12.0. The first-order valence-electron chi connectivity index (χ1n) is 6.60. The summed E-state index contributed by atoms with van der Waals surface area (Å²) in [5, 5.41) is 4.30. The van der Waals surface area contributed by atoms with E-state index in [9.17, 15) is 0 Å². The zero-order chi connectivity index (χ0) is 14.4. The van der Waals surface area contributed by atoms with E-state index in [1.165, 1.54) is 5.56 Å². The van der Waals surface area contributed by atoms with Crippen LogP contribution in [0.4, 0.5) is 5.69 Å². The number of aryl methyl sites for hydroxylation is 1. The molecular weight excluding hydrogens is 293 g/mol. The highest BCUT2D eigenvalue weighted by Gasteiger charge is 2.03. The van der Waals surface area contributed by atoms with Crippen LogP contribution < -0.4 is 10.1 Å². The Bertz CT molecular complexity index is 555. The minimum Gasteiger partial charge on any atom is -0.492 e. The van der Waals surface area contributed by atoms with Crippen molar-refractivity contribution < 1.29 is 4.74 Å². The van der Waals surface area contributed by atoms with Crippen molar-refractivity contribution in [1.29, 1.82) is 0 Å². The van der Waals surface area contributed by atoms with Crippen molar-refractivity contribution in [3.8, 4) is 5.75 Å². The van der Waals surface area contributed by atoms with E-state index >= 15 is 0 Å². The van der Waals surface area contributed by atoms with Crippen LogP contribution in [0.15, 0.2) is 42.5 Å². The third-order valence-corrected chi connectivity index (χ3v) is 3.79. The number of halogens is 2. The highest BCUT2D eigenvalue weighted by Crippen LogP contribution is 2.29. The highest BCUT2D eigenvalue weighted by molar-refractivity contribution is 6.43. The molecule has 0 atom stereocenters. The Labute approximate surface area is 129 Å². The Balaban J connectivity index is 1.80. The van der Waals surface area contributed by atoms with Crippen LogP contribution in [0.25, 0.3) is 0 Å². The Morgan fingerprint density at radius 2 is 1.80 bits per heavy atom. The minimum absolute atomic E-state index is 0.543. The van der Waals surface area contributed by atoms with Crippen LogP contribution in [-0.4, -0.2) is 13.2 Å². The lowest BCUT2D eigenvalue weighted by atomic mass is 10.2. The number of hydrogen-bond donors (Lipinski definition) is 1. The van der Waals surface area contributed by atoms with Crippen LogP contribution in [0, 0.1) is 0 Å². The second-order valence-corrected chi connectivity index (χ2v) is 5.16. The molecule has 2 aromatic carbocycles. The Hall–Kier alpha value is -1.38. The van der Waals surface area contributed by atoms with E-state index in [2.05, 4.69) is 24.4 Å². The van der Waals surface area contributed by atoms with Gasteiger partial charge in [0.1, 0.15) is 12.4 Å². The van der Waals surface area contributed by atoms with Gasteiger partial charge in [-0.1, -0.05) is 48.3 Å². The molecule has 0 bridgehead atoms. The Morgan fingerprint density at radius 1 is 1.05 bits per heavy atom. The van der Waals surface area contributed by atoms with Gasteiger partial charge in [0, 0.05) is 6.54 Å². The molecular formula is C16H17Cl2NO. The van der Waals surface area contributed by atoms with Gasteiger partial charge in [0.15, 0.2) is 0 Å². The summed E-state index contributed by atoms with van der Waals surface area (Å²) in [6.45, 7) is 3.36. The Kier molecular flexibility index (Phi) is 5.57. The third kappa shape index (κ3) is 4.06. The smallest absolute Gasteiger partial charge is 0.119 e. The van der Waals surface area contributed by atoms with Gasteiger partial charge in [0.05, 0.1) is 15.7 Å². The van der Waals surface area contributed by atoms with Crippen molar-refractivity contribution in [2.45, 2.75) is 13.3 Å². The molecule has 0 spiro atoms. The van der Waals surface area contributed by atoms with E-state index in [-0.39, 0.29) is 0 Å². The van der Waals surface area contributed by atoms with Gasteiger partial charge in [-0.05, 0) is 36.2 Å². The first kappa shape index (κ1) is 15.0. The number of rotatable bonds is 6. The standard InChI is InChI=1S/C16H17Cl2NO/c1-2-12-6-8-13(9-7-12)20-11-10-19-15-5-3-4-14(17)16(15)18/h3-9,19H,2,10-11H2,1H3. The number of hydrogen-bond acceptors (Lipinski definition) is 2. The van der Waals surface area contributed by atoms with Crippen LogP contribution >= 0.6 is 23.2 Å². The maximum atomic E-state index is 6.09. The monoisotopic (exact) mass is 309 g/mol. The summed E-state index contributed by atoms with van der Waals surface area (Å²) in [6, 6.07) is 13.7. The zero-order valence-corrected chi connectivity index (χ0v) is 12.8. The predicted octanol–water partition coefficient (Wildman–Crippen LogP) is 5.05. The number of benzene rings is 2. The average Bonchev–Trinajstić information content (AvgIpc) is 2.48. The van der Waals surface area contributed by atoms with Gasteiger partial charge in [0.2, 0.25) is 0 Å². The molecule has 0 aliphatic carbocycles. The third-order valence-electron chi connectivity index (χ3n) is 2.97. The van der Waals surface area contributed by atoms with Gasteiger partial charge in [-0.2, -0.15) is 0 Å². The van der Waals surface area contributed by atoms with Crippen LogP contribution in [0.5, 0.6) is 5.75 Å². The van der Waals surface area contributed by atoms with Crippen LogP contribution in [0.1, 0.15) is 12.5 Å². The van der Waals surface area contributed by atoms with Gasteiger partial charge < -0.3 is 10.1 Å². The van der Waals surface area contributed by atoms with Gasteiger partial charge in [-0.15, -0.1) is 0 Å². The van der Waals surface area contributed by atoms with Crippen molar-refractivity contribution in [3.63, 3.8) is 0 Å².